The lowest BCUT2D eigenvalue weighted by Crippen LogP contribution is -2.37. The highest BCUT2D eigenvalue weighted by Crippen LogP contribution is 2.14. The summed E-state index contributed by atoms with van der Waals surface area (Å²) in [6, 6.07) is 9.43. The van der Waals surface area contributed by atoms with Gasteiger partial charge in [-0.25, -0.2) is 4.98 Å². The summed E-state index contributed by atoms with van der Waals surface area (Å²) in [5, 5.41) is 9.81. The molecule has 1 unspecified atom stereocenters. The van der Waals surface area contributed by atoms with Gasteiger partial charge in [0.05, 0.1) is 0 Å². The fourth-order valence-electron chi connectivity index (χ4n) is 3.20. The van der Waals surface area contributed by atoms with E-state index in [4.69, 9.17) is 0 Å². The van der Waals surface area contributed by atoms with Crippen molar-refractivity contribution < 1.29 is 9.59 Å². The minimum Gasteiger partial charge on any atom is -0.355 e. The Hall–Kier alpha value is -3.33. The number of carbonyl (C=O) groups is 2. The van der Waals surface area contributed by atoms with Crippen molar-refractivity contribution >= 4 is 23.4 Å². The van der Waals surface area contributed by atoms with Crippen molar-refractivity contribution in [2.24, 2.45) is 0 Å². The Bertz CT molecular complexity index is 999. The Morgan fingerprint density at radius 2 is 2.07 bits per heavy atom. The van der Waals surface area contributed by atoms with Crippen LogP contribution in [0.15, 0.2) is 42.9 Å². The zero-order valence-corrected chi connectivity index (χ0v) is 15.5. The van der Waals surface area contributed by atoms with Crippen LogP contribution >= 0.6 is 0 Å². The molecule has 0 radical (unpaired) electrons. The van der Waals surface area contributed by atoms with Crippen LogP contribution < -0.4 is 10.6 Å². The molecule has 0 bridgehead atoms. The number of benzene rings is 1. The van der Waals surface area contributed by atoms with Gasteiger partial charge < -0.3 is 10.6 Å². The normalized spacial score (nSPS) is 17.9. The highest BCUT2D eigenvalue weighted by molar-refractivity contribution is 6.03. The third-order valence-electron chi connectivity index (χ3n) is 4.87. The number of anilines is 1. The van der Waals surface area contributed by atoms with E-state index in [1.54, 1.807) is 24.4 Å². The molecule has 28 heavy (non-hydrogen) atoms. The lowest BCUT2D eigenvalue weighted by atomic mass is 10.1. The molecule has 2 N–H and O–H groups in total. The first-order valence-electron chi connectivity index (χ1n) is 9.16. The molecule has 9 nitrogen and oxygen atoms in total. The van der Waals surface area contributed by atoms with Gasteiger partial charge in [0.2, 0.25) is 5.91 Å². The van der Waals surface area contributed by atoms with E-state index < -0.39 is 0 Å². The molecule has 1 saturated heterocycles. The molecule has 3 aromatic rings. The molecule has 2 amide bonds. The van der Waals surface area contributed by atoms with Gasteiger partial charge in [0.25, 0.3) is 11.7 Å². The fraction of sp³-hybridized carbons (Fsp3) is 0.316. The quantitative estimate of drug-likeness (QED) is 0.703. The highest BCUT2D eigenvalue weighted by atomic mass is 16.2. The number of hydrogen-bond acceptors (Lipinski definition) is 6. The van der Waals surface area contributed by atoms with E-state index in [0.717, 1.165) is 18.7 Å². The molecule has 1 atom stereocenters. The van der Waals surface area contributed by atoms with Gasteiger partial charge in [0.1, 0.15) is 12.1 Å². The van der Waals surface area contributed by atoms with Gasteiger partial charge in [-0.05, 0) is 30.7 Å². The first-order valence-corrected chi connectivity index (χ1v) is 9.16. The predicted octanol–water partition coefficient (Wildman–Crippen LogP) is 1.09. The standard InChI is InChI=1S/C19H21N7O2/c1-13-10-21-17(27)7-9-25(13)11-14-2-4-15(5-3-14)18(28)24-16-6-8-20-19-22-12-23-26(16)19/h2-6,8,12-13H,7,9-11H2,1H3,(H,21,27)(H,24,28). The number of nitrogens with one attached hydrogen (secondary N) is 2. The second kappa shape index (κ2) is 7.73. The smallest absolute Gasteiger partial charge is 0.256 e. The summed E-state index contributed by atoms with van der Waals surface area (Å²) in [7, 11) is 0. The molecule has 2 aromatic heterocycles. The summed E-state index contributed by atoms with van der Waals surface area (Å²) in [4.78, 5) is 34.5. The molecular weight excluding hydrogens is 358 g/mol. The van der Waals surface area contributed by atoms with Crippen LogP contribution in [0.4, 0.5) is 5.82 Å². The number of aromatic nitrogens is 4. The minimum absolute atomic E-state index is 0.0963. The van der Waals surface area contributed by atoms with Crippen LogP contribution in [0, 0.1) is 0 Å². The fourth-order valence-corrected chi connectivity index (χ4v) is 3.20. The molecule has 0 saturated carbocycles. The second-order valence-corrected chi connectivity index (χ2v) is 6.83. The first kappa shape index (κ1) is 18.1. The minimum atomic E-state index is -0.229. The van der Waals surface area contributed by atoms with Crippen molar-refractivity contribution in [3.63, 3.8) is 0 Å². The number of fused-ring (bicyclic) bond motifs is 1. The lowest BCUT2D eigenvalue weighted by Gasteiger charge is -2.26. The number of amides is 2. The van der Waals surface area contributed by atoms with Crippen LogP contribution in [-0.4, -0.2) is 55.4 Å². The Morgan fingerprint density at radius 3 is 2.89 bits per heavy atom. The number of hydrogen-bond donors (Lipinski definition) is 2. The van der Waals surface area contributed by atoms with E-state index in [9.17, 15) is 9.59 Å². The number of carbonyl (C=O) groups excluding carboxylic acids is 2. The predicted molar refractivity (Wildman–Crippen MR) is 103 cm³/mol. The summed E-state index contributed by atoms with van der Waals surface area (Å²) in [5.74, 6) is 0.797. The maximum absolute atomic E-state index is 12.6. The van der Waals surface area contributed by atoms with Crippen molar-refractivity contribution in [3.05, 3.63) is 54.0 Å². The second-order valence-electron chi connectivity index (χ2n) is 6.83. The van der Waals surface area contributed by atoms with E-state index in [0.29, 0.717) is 30.1 Å². The van der Waals surface area contributed by atoms with Crippen LogP contribution in [0.2, 0.25) is 0 Å². The van der Waals surface area contributed by atoms with E-state index >= 15 is 0 Å². The van der Waals surface area contributed by atoms with Crippen LogP contribution in [0.5, 0.6) is 0 Å². The summed E-state index contributed by atoms with van der Waals surface area (Å²) in [5.41, 5.74) is 1.65. The topological polar surface area (TPSA) is 105 Å². The Kier molecular flexibility index (Phi) is 4.98. The highest BCUT2D eigenvalue weighted by Gasteiger charge is 2.20. The van der Waals surface area contributed by atoms with E-state index in [1.165, 1.54) is 10.8 Å². The van der Waals surface area contributed by atoms with Crippen LogP contribution in [0.1, 0.15) is 29.3 Å². The van der Waals surface area contributed by atoms with Gasteiger partial charge in [-0.2, -0.15) is 14.6 Å². The van der Waals surface area contributed by atoms with Crippen molar-refractivity contribution in [1.29, 1.82) is 0 Å². The molecule has 3 heterocycles. The molecule has 1 aromatic carbocycles. The largest absolute Gasteiger partial charge is 0.355 e. The molecule has 0 spiro atoms. The molecular formula is C19H21N7O2. The molecule has 9 heteroatoms. The van der Waals surface area contributed by atoms with E-state index in [2.05, 4.69) is 37.5 Å². The van der Waals surface area contributed by atoms with Crippen molar-refractivity contribution in [1.82, 2.24) is 29.8 Å². The molecule has 1 aliphatic rings. The zero-order valence-electron chi connectivity index (χ0n) is 15.5. The van der Waals surface area contributed by atoms with Gasteiger partial charge in [0.15, 0.2) is 0 Å². The molecule has 1 fully saturated rings. The maximum atomic E-state index is 12.6. The van der Waals surface area contributed by atoms with Crippen LogP contribution in [-0.2, 0) is 11.3 Å². The van der Waals surface area contributed by atoms with Gasteiger partial charge in [0, 0.05) is 43.9 Å². The molecule has 144 valence electrons. The molecule has 4 rings (SSSR count). The van der Waals surface area contributed by atoms with Gasteiger partial charge in [-0.15, -0.1) is 0 Å². The first-order chi connectivity index (χ1) is 13.6. The summed E-state index contributed by atoms with van der Waals surface area (Å²) in [6.07, 6.45) is 3.47. The SMILES string of the molecule is CC1CNC(=O)CCN1Cc1ccc(C(=O)Nc2ccnc3ncnn23)cc1. The zero-order chi connectivity index (χ0) is 19.5. The number of nitrogens with zero attached hydrogens (tertiary/aromatic N) is 5. The maximum Gasteiger partial charge on any atom is 0.256 e. The van der Waals surface area contributed by atoms with Gasteiger partial charge in [-0.3, -0.25) is 14.5 Å². The molecule has 0 aliphatic carbocycles. The summed E-state index contributed by atoms with van der Waals surface area (Å²) < 4.78 is 1.47. The number of rotatable bonds is 4. The third-order valence-corrected chi connectivity index (χ3v) is 4.87. The van der Waals surface area contributed by atoms with Crippen LogP contribution in [0.3, 0.4) is 0 Å². The van der Waals surface area contributed by atoms with Crippen molar-refractivity contribution in [3.8, 4) is 0 Å². The summed E-state index contributed by atoms with van der Waals surface area (Å²) in [6.45, 7) is 4.22. The third kappa shape index (κ3) is 3.84. The van der Waals surface area contributed by atoms with Crippen molar-refractivity contribution in [2.75, 3.05) is 18.4 Å². The van der Waals surface area contributed by atoms with Crippen LogP contribution in [0.25, 0.3) is 5.78 Å². The Morgan fingerprint density at radius 1 is 1.25 bits per heavy atom. The van der Waals surface area contributed by atoms with Crippen molar-refractivity contribution in [2.45, 2.75) is 25.9 Å². The molecule has 1 aliphatic heterocycles. The van der Waals surface area contributed by atoms with Gasteiger partial charge in [-0.1, -0.05) is 12.1 Å². The Balaban J connectivity index is 1.43. The van der Waals surface area contributed by atoms with E-state index in [-0.39, 0.29) is 17.9 Å². The monoisotopic (exact) mass is 379 g/mol. The van der Waals surface area contributed by atoms with Gasteiger partial charge >= 0.3 is 0 Å². The van der Waals surface area contributed by atoms with E-state index in [1.807, 2.05) is 12.1 Å². The average Bonchev–Trinajstić information content (AvgIpc) is 3.13. The lowest BCUT2D eigenvalue weighted by molar-refractivity contribution is -0.120. The average molecular weight is 379 g/mol. The summed E-state index contributed by atoms with van der Waals surface area (Å²) >= 11 is 0. The Labute approximate surface area is 161 Å².